The van der Waals surface area contributed by atoms with Crippen LogP contribution >= 0.6 is 11.3 Å². The van der Waals surface area contributed by atoms with E-state index in [1.165, 1.54) is 43.1 Å². The SMILES string of the molecule is C[C@@H]1CCc2sc(C(=O)Nc3cccc(S(=O)(=O)N(C)C)c3)cc2C1. The highest BCUT2D eigenvalue weighted by molar-refractivity contribution is 7.89. The molecule has 1 N–H and O–H groups in total. The van der Waals surface area contributed by atoms with Crippen LogP contribution in [0.25, 0.3) is 0 Å². The fourth-order valence-electron chi connectivity index (χ4n) is 2.96. The molecule has 0 radical (unpaired) electrons. The summed E-state index contributed by atoms with van der Waals surface area (Å²) in [7, 11) is -0.556. The van der Waals surface area contributed by atoms with Gasteiger partial charge in [-0.1, -0.05) is 13.0 Å². The van der Waals surface area contributed by atoms with Crippen molar-refractivity contribution >= 4 is 33.0 Å². The minimum absolute atomic E-state index is 0.162. The molecule has 0 saturated heterocycles. The topological polar surface area (TPSA) is 66.5 Å². The van der Waals surface area contributed by atoms with Gasteiger partial charge in [-0.25, -0.2) is 12.7 Å². The first-order valence-electron chi connectivity index (χ1n) is 8.23. The second-order valence-corrected chi connectivity index (χ2v) is 9.97. The Morgan fingerprint density at radius 3 is 2.76 bits per heavy atom. The fourth-order valence-corrected chi connectivity index (χ4v) is 5.01. The predicted octanol–water partition coefficient (Wildman–Crippen LogP) is 3.38. The number of aryl methyl sites for hydroxylation is 1. The van der Waals surface area contributed by atoms with E-state index in [-0.39, 0.29) is 10.8 Å². The Hall–Kier alpha value is -1.70. The molecule has 0 unspecified atom stereocenters. The van der Waals surface area contributed by atoms with E-state index in [1.807, 2.05) is 6.07 Å². The van der Waals surface area contributed by atoms with E-state index in [2.05, 4.69) is 12.2 Å². The summed E-state index contributed by atoms with van der Waals surface area (Å²) in [5, 5.41) is 2.82. The molecule has 0 spiro atoms. The van der Waals surface area contributed by atoms with Crippen LogP contribution in [0.15, 0.2) is 35.2 Å². The van der Waals surface area contributed by atoms with Gasteiger partial charge in [0.1, 0.15) is 0 Å². The molecule has 1 aliphatic rings. The van der Waals surface area contributed by atoms with E-state index in [0.717, 1.165) is 17.1 Å². The van der Waals surface area contributed by atoms with E-state index in [0.29, 0.717) is 16.5 Å². The van der Waals surface area contributed by atoms with E-state index in [4.69, 9.17) is 0 Å². The van der Waals surface area contributed by atoms with Gasteiger partial charge in [-0.2, -0.15) is 0 Å². The van der Waals surface area contributed by atoms with E-state index >= 15 is 0 Å². The van der Waals surface area contributed by atoms with Gasteiger partial charge in [-0.05, 0) is 55.0 Å². The Morgan fingerprint density at radius 2 is 2.04 bits per heavy atom. The molecule has 134 valence electrons. The molecule has 1 amide bonds. The molecule has 5 nitrogen and oxygen atoms in total. The third-order valence-electron chi connectivity index (χ3n) is 4.42. The van der Waals surface area contributed by atoms with Crippen molar-refractivity contribution in [2.24, 2.45) is 5.92 Å². The van der Waals surface area contributed by atoms with Gasteiger partial charge in [0, 0.05) is 24.7 Å². The smallest absolute Gasteiger partial charge is 0.265 e. The number of sulfonamides is 1. The first kappa shape index (κ1) is 18.1. The molecule has 3 rings (SSSR count). The van der Waals surface area contributed by atoms with Gasteiger partial charge in [-0.3, -0.25) is 4.79 Å². The number of hydrogen-bond donors (Lipinski definition) is 1. The molecule has 0 fully saturated rings. The number of carbonyl (C=O) groups is 1. The quantitative estimate of drug-likeness (QED) is 0.887. The number of rotatable bonds is 4. The van der Waals surface area contributed by atoms with E-state index in [1.54, 1.807) is 23.5 Å². The molecular formula is C18H22N2O3S2. The van der Waals surface area contributed by atoms with Crippen molar-refractivity contribution in [2.75, 3.05) is 19.4 Å². The molecule has 1 aromatic heterocycles. The Balaban J connectivity index is 1.80. The highest BCUT2D eigenvalue weighted by Gasteiger charge is 2.21. The molecule has 0 bridgehead atoms. The maximum atomic E-state index is 12.5. The maximum Gasteiger partial charge on any atom is 0.265 e. The highest BCUT2D eigenvalue weighted by atomic mass is 32.2. The minimum Gasteiger partial charge on any atom is -0.321 e. The average Bonchev–Trinajstić information content (AvgIpc) is 2.98. The zero-order valence-corrected chi connectivity index (χ0v) is 16.2. The van der Waals surface area contributed by atoms with Crippen LogP contribution in [0.3, 0.4) is 0 Å². The van der Waals surface area contributed by atoms with Crippen molar-refractivity contribution < 1.29 is 13.2 Å². The summed E-state index contributed by atoms with van der Waals surface area (Å²) in [6, 6.07) is 8.32. The zero-order valence-electron chi connectivity index (χ0n) is 14.6. The standard InChI is InChI=1S/C18H22N2O3S2/c1-12-7-8-16-13(9-12)10-17(24-16)18(21)19-14-5-4-6-15(11-14)25(22,23)20(2)3/h4-6,10-12H,7-9H2,1-3H3,(H,19,21)/t12-/m1/s1. The first-order chi connectivity index (χ1) is 11.8. The molecule has 2 aromatic rings. The van der Waals surface area contributed by atoms with Gasteiger partial charge < -0.3 is 5.32 Å². The lowest BCUT2D eigenvalue weighted by Gasteiger charge is -2.16. The van der Waals surface area contributed by atoms with Crippen LogP contribution in [0, 0.1) is 5.92 Å². The van der Waals surface area contributed by atoms with Crippen molar-refractivity contribution in [1.82, 2.24) is 4.31 Å². The minimum atomic E-state index is -3.52. The number of thiophene rings is 1. The van der Waals surface area contributed by atoms with Crippen LogP contribution in [-0.2, 0) is 22.9 Å². The Bertz CT molecular complexity index is 901. The van der Waals surface area contributed by atoms with Crippen molar-refractivity contribution in [2.45, 2.75) is 31.1 Å². The monoisotopic (exact) mass is 378 g/mol. The largest absolute Gasteiger partial charge is 0.321 e. The molecule has 0 aliphatic heterocycles. The van der Waals surface area contributed by atoms with E-state index in [9.17, 15) is 13.2 Å². The van der Waals surface area contributed by atoms with Crippen LogP contribution in [0.4, 0.5) is 5.69 Å². The molecule has 1 aliphatic carbocycles. The zero-order chi connectivity index (χ0) is 18.2. The molecule has 1 aromatic carbocycles. The van der Waals surface area contributed by atoms with Crippen molar-refractivity contribution in [3.63, 3.8) is 0 Å². The third kappa shape index (κ3) is 3.78. The molecule has 25 heavy (non-hydrogen) atoms. The van der Waals surface area contributed by atoms with Crippen LogP contribution in [0.1, 0.15) is 33.5 Å². The van der Waals surface area contributed by atoms with Gasteiger partial charge in [0.25, 0.3) is 5.91 Å². The van der Waals surface area contributed by atoms with Gasteiger partial charge in [-0.15, -0.1) is 11.3 Å². The van der Waals surface area contributed by atoms with Gasteiger partial charge >= 0.3 is 0 Å². The molecule has 0 saturated carbocycles. The number of nitrogens with one attached hydrogen (secondary N) is 1. The van der Waals surface area contributed by atoms with Crippen molar-refractivity contribution in [3.8, 4) is 0 Å². The average molecular weight is 379 g/mol. The van der Waals surface area contributed by atoms with Crippen LogP contribution in [0.2, 0.25) is 0 Å². The number of amides is 1. The predicted molar refractivity (Wildman–Crippen MR) is 101 cm³/mol. The highest BCUT2D eigenvalue weighted by Crippen LogP contribution is 2.32. The van der Waals surface area contributed by atoms with Crippen LogP contribution in [-0.4, -0.2) is 32.7 Å². The number of carbonyl (C=O) groups excluding carboxylic acids is 1. The number of anilines is 1. The summed E-state index contributed by atoms with van der Waals surface area (Å²) in [5.41, 5.74) is 1.76. The summed E-state index contributed by atoms with van der Waals surface area (Å²) in [6.07, 6.45) is 3.22. The Labute approximate surface area is 152 Å². The molecule has 1 heterocycles. The number of hydrogen-bond acceptors (Lipinski definition) is 4. The lowest BCUT2D eigenvalue weighted by Crippen LogP contribution is -2.22. The summed E-state index contributed by atoms with van der Waals surface area (Å²) < 4.78 is 25.6. The van der Waals surface area contributed by atoms with E-state index < -0.39 is 10.0 Å². The number of benzene rings is 1. The Morgan fingerprint density at radius 1 is 1.28 bits per heavy atom. The maximum absolute atomic E-state index is 12.5. The fraction of sp³-hybridized carbons (Fsp3) is 0.389. The number of fused-ring (bicyclic) bond motifs is 1. The lowest BCUT2D eigenvalue weighted by molar-refractivity contribution is 0.103. The van der Waals surface area contributed by atoms with Gasteiger partial charge in [0.05, 0.1) is 9.77 Å². The van der Waals surface area contributed by atoms with Gasteiger partial charge in [0.15, 0.2) is 0 Å². The van der Waals surface area contributed by atoms with Crippen molar-refractivity contribution in [3.05, 3.63) is 45.6 Å². The second-order valence-electron chi connectivity index (χ2n) is 6.68. The van der Waals surface area contributed by atoms with Crippen LogP contribution in [0.5, 0.6) is 0 Å². The van der Waals surface area contributed by atoms with Crippen LogP contribution < -0.4 is 5.32 Å². The van der Waals surface area contributed by atoms with Gasteiger partial charge in [0.2, 0.25) is 10.0 Å². The summed E-state index contributed by atoms with van der Waals surface area (Å²) in [5.74, 6) is 0.470. The third-order valence-corrected chi connectivity index (χ3v) is 7.47. The molecular weight excluding hydrogens is 356 g/mol. The first-order valence-corrected chi connectivity index (χ1v) is 10.5. The van der Waals surface area contributed by atoms with Crippen molar-refractivity contribution in [1.29, 1.82) is 0 Å². The molecule has 7 heteroatoms. The summed E-state index contributed by atoms with van der Waals surface area (Å²) >= 11 is 1.54. The Kier molecular flexibility index (Phi) is 4.99. The molecule has 1 atom stereocenters. The second kappa shape index (κ2) is 6.90. The summed E-state index contributed by atoms with van der Waals surface area (Å²) in [6.45, 7) is 2.23. The lowest BCUT2D eigenvalue weighted by atomic mass is 9.90. The normalized spacial score (nSPS) is 17.4. The number of nitrogens with zero attached hydrogens (tertiary/aromatic N) is 1. The summed E-state index contributed by atoms with van der Waals surface area (Å²) in [4.78, 5) is 14.7.